The molecule has 0 saturated carbocycles. The summed E-state index contributed by atoms with van der Waals surface area (Å²) in [5, 5.41) is 25.3. The number of aromatic nitrogens is 3. The van der Waals surface area contributed by atoms with Gasteiger partial charge in [-0.1, -0.05) is 12.1 Å². The molecule has 0 aliphatic carbocycles. The zero-order valence-electron chi connectivity index (χ0n) is 15.0. The minimum absolute atomic E-state index is 0.0149. The van der Waals surface area contributed by atoms with E-state index >= 15 is 0 Å². The van der Waals surface area contributed by atoms with Crippen LogP contribution in [-0.2, 0) is 11.8 Å². The normalized spacial score (nSPS) is 10.5. The second-order valence-corrected chi connectivity index (χ2v) is 6.89. The highest BCUT2D eigenvalue weighted by molar-refractivity contribution is 7.99. The minimum Gasteiger partial charge on any atom is -0.379 e. The van der Waals surface area contributed by atoms with Gasteiger partial charge in [0.2, 0.25) is 5.91 Å². The number of hydrogen-bond acceptors (Lipinski definition) is 7. The van der Waals surface area contributed by atoms with Gasteiger partial charge in [0.15, 0.2) is 5.16 Å². The number of carbonyl (C=O) groups is 1. The van der Waals surface area contributed by atoms with E-state index < -0.39 is 4.92 Å². The van der Waals surface area contributed by atoms with Crippen LogP contribution in [0.25, 0.3) is 0 Å². The van der Waals surface area contributed by atoms with Crippen molar-refractivity contribution in [3.05, 3.63) is 65.0 Å². The lowest BCUT2D eigenvalue weighted by Gasteiger charge is -2.08. The first-order valence-corrected chi connectivity index (χ1v) is 9.23. The highest BCUT2D eigenvalue weighted by Crippen LogP contribution is 2.26. The summed E-state index contributed by atoms with van der Waals surface area (Å²) >= 11 is 1.48. The largest absolute Gasteiger partial charge is 0.379 e. The Morgan fingerprint density at radius 3 is 2.64 bits per heavy atom. The predicted octanol–water partition coefficient (Wildman–Crippen LogP) is 3.32. The van der Waals surface area contributed by atoms with Gasteiger partial charge in [0.25, 0.3) is 5.69 Å². The topological polar surface area (TPSA) is 115 Å². The van der Waals surface area contributed by atoms with Gasteiger partial charge in [-0.25, -0.2) is 0 Å². The number of para-hydroxylation sites is 2. The number of hydrogen-bond donors (Lipinski definition) is 2. The molecule has 1 amide bonds. The molecule has 0 aliphatic rings. The van der Waals surface area contributed by atoms with Crippen LogP contribution in [0.5, 0.6) is 0 Å². The Kier molecular flexibility index (Phi) is 6.22. The Balaban J connectivity index is 1.49. The predicted molar refractivity (Wildman–Crippen MR) is 106 cm³/mol. The van der Waals surface area contributed by atoms with Crippen LogP contribution in [-0.4, -0.2) is 32.1 Å². The number of aryl methyl sites for hydroxylation is 1. The van der Waals surface area contributed by atoms with E-state index in [0.717, 1.165) is 10.1 Å². The molecule has 0 fully saturated rings. The van der Waals surface area contributed by atoms with E-state index in [0.29, 0.717) is 11.4 Å². The maximum Gasteiger partial charge on any atom is 0.292 e. The van der Waals surface area contributed by atoms with E-state index in [9.17, 15) is 14.9 Å². The van der Waals surface area contributed by atoms with Crippen molar-refractivity contribution in [2.24, 2.45) is 7.05 Å². The van der Waals surface area contributed by atoms with Crippen molar-refractivity contribution in [2.75, 3.05) is 17.2 Å². The Hall–Kier alpha value is -3.40. The third-order valence-corrected chi connectivity index (χ3v) is 4.85. The zero-order valence-corrected chi connectivity index (χ0v) is 15.8. The number of nitro groups is 1. The van der Waals surface area contributed by atoms with E-state index in [1.165, 1.54) is 17.8 Å². The maximum absolute atomic E-state index is 12.1. The fourth-order valence-electron chi connectivity index (χ4n) is 2.39. The summed E-state index contributed by atoms with van der Waals surface area (Å²) in [5.41, 5.74) is 1.06. The first-order valence-electron chi connectivity index (χ1n) is 8.42. The molecule has 144 valence electrons. The van der Waals surface area contributed by atoms with Crippen molar-refractivity contribution in [3.63, 3.8) is 0 Å². The fraction of sp³-hybridized carbons (Fsp3) is 0.167. The first-order chi connectivity index (χ1) is 13.5. The van der Waals surface area contributed by atoms with Crippen LogP contribution in [0.15, 0.2) is 64.9 Å². The number of nitrogens with one attached hydrogen (secondary N) is 2. The second-order valence-electron chi connectivity index (χ2n) is 5.85. The molecule has 0 spiro atoms. The average Bonchev–Trinajstić information content (AvgIpc) is 3.08. The molecular weight excluding hydrogens is 380 g/mol. The lowest BCUT2D eigenvalue weighted by atomic mass is 10.2. The van der Waals surface area contributed by atoms with Crippen LogP contribution in [0.2, 0.25) is 0 Å². The highest BCUT2D eigenvalue weighted by atomic mass is 32.2. The van der Waals surface area contributed by atoms with Gasteiger partial charge >= 0.3 is 0 Å². The van der Waals surface area contributed by atoms with Crippen molar-refractivity contribution in [1.82, 2.24) is 14.8 Å². The van der Waals surface area contributed by atoms with Gasteiger partial charge < -0.3 is 15.2 Å². The lowest BCUT2D eigenvalue weighted by Crippen LogP contribution is -2.16. The van der Waals surface area contributed by atoms with Gasteiger partial charge in [0.1, 0.15) is 12.0 Å². The van der Waals surface area contributed by atoms with E-state index in [-0.39, 0.29) is 24.6 Å². The summed E-state index contributed by atoms with van der Waals surface area (Å²) in [6.07, 6.45) is 1.82. The molecule has 0 bridgehead atoms. The Morgan fingerprint density at radius 2 is 1.96 bits per heavy atom. The summed E-state index contributed by atoms with van der Waals surface area (Å²) in [6.45, 7) is 0.288. The van der Waals surface area contributed by atoms with E-state index in [1.54, 1.807) is 24.5 Å². The molecule has 9 nitrogen and oxygen atoms in total. The first kappa shape index (κ1) is 19.4. The Labute approximate surface area is 165 Å². The molecule has 0 aliphatic heterocycles. The van der Waals surface area contributed by atoms with Crippen LogP contribution in [0.1, 0.15) is 6.42 Å². The van der Waals surface area contributed by atoms with Gasteiger partial charge in [-0.15, -0.1) is 10.2 Å². The van der Waals surface area contributed by atoms with E-state index in [1.807, 2.05) is 35.9 Å². The zero-order chi connectivity index (χ0) is 19.9. The number of anilines is 2. The fourth-order valence-corrected chi connectivity index (χ4v) is 3.16. The summed E-state index contributed by atoms with van der Waals surface area (Å²) in [7, 11) is 1.87. The second kappa shape index (κ2) is 9.00. The van der Waals surface area contributed by atoms with Crippen molar-refractivity contribution >= 4 is 34.7 Å². The van der Waals surface area contributed by atoms with Crippen LogP contribution in [0.3, 0.4) is 0 Å². The Bertz CT molecular complexity index is 973. The molecule has 3 aromatic rings. The average molecular weight is 398 g/mol. The molecule has 1 aromatic heterocycles. The monoisotopic (exact) mass is 398 g/mol. The Morgan fingerprint density at radius 1 is 1.21 bits per heavy atom. The van der Waals surface area contributed by atoms with Crippen LogP contribution < -0.4 is 10.6 Å². The van der Waals surface area contributed by atoms with Crippen LogP contribution in [0, 0.1) is 10.1 Å². The maximum atomic E-state index is 12.1. The smallest absolute Gasteiger partial charge is 0.292 e. The number of benzene rings is 2. The van der Waals surface area contributed by atoms with Crippen LogP contribution >= 0.6 is 11.8 Å². The van der Waals surface area contributed by atoms with Crippen LogP contribution in [0.4, 0.5) is 17.1 Å². The lowest BCUT2D eigenvalue weighted by molar-refractivity contribution is -0.384. The van der Waals surface area contributed by atoms with Crippen molar-refractivity contribution < 1.29 is 9.72 Å². The van der Waals surface area contributed by atoms with Gasteiger partial charge in [-0.05, 0) is 42.1 Å². The minimum atomic E-state index is -0.455. The standard InChI is InChI=1S/C18H18N6O3S/c1-23-12-20-22-18(23)28-14-8-6-13(7-9-14)21-17(25)10-11-19-15-4-2-3-5-16(15)24(26)27/h2-9,12,19H,10-11H2,1H3,(H,21,25). The molecule has 28 heavy (non-hydrogen) atoms. The molecular formula is C18H18N6O3S. The van der Waals surface area contributed by atoms with Gasteiger partial charge in [0, 0.05) is 36.7 Å². The molecule has 0 radical (unpaired) electrons. The van der Waals surface area contributed by atoms with Crippen molar-refractivity contribution in [2.45, 2.75) is 16.5 Å². The number of amides is 1. The van der Waals surface area contributed by atoms with Crippen molar-refractivity contribution in [3.8, 4) is 0 Å². The summed E-state index contributed by atoms with van der Waals surface area (Å²) in [5.74, 6) is -0.181. The molecule has 0 atom stereocenters. The SMILES string of the molecule is Cn1cnnc1Sc1ccc(NC(=O)CCNc2ccccc2[N+](=O)[O-])cc1. The third-order valence-electron chi connectivity index (χ3n) is 3.79. The number of nitro benzene ring substituents is 1. The number of nitrogens with zero attached hydrogens (tertiary/aromatic N) is 4. The number of rotatable bonds is 8. The molecule has 2 N–H and O–H groups in total. The third kappa shape index (κ3) is 5.07. The van der Waals surface area contributed by atoms with Gasteiger partial charge in [-0.2, -0.15) is 0 Å². The summed E-state index contributed by atoms with van der Waals surface area (Å²) in [4.78, 5) is 23.6. The van der Waals surface area contributed by atoms with Gasteiger partial charge in [0.05, 0.1) is 4.92 Å². The molecule has 10 heteroatoms. The number of carbonyl (C=O) groups excluding carboxylic acids is 1. The molecule has 2 aromatic carbocycles. The quantitative estimate of drug-likeness (QED) is 0.442. The summed E-state index contributed by atoms with van der Waals surface area (Å²) < 4.78 is 1.82. The van der Waals surface area contributed by atoms with Crippen molar-refractivity contribution in [1.29, 1.82) is 0 Å². The molecule has 3 rings (SSSR count). The molecule has 0 saturated heterocycles. The molecule has 1 heterocycles. The summed E-state index contributed by atoms with van der Waals surface area (Å²) in [6, 6.07) is 13.7. The van der Waals surface area contributed by atoms with Gasteiger partial charge in [-0.3, -0.25) is 14.9 Å². The van der Waals surface area contributed by atoms with E-state index in [4.69, 9.17) is 0 Å². The highest BCUT2D eigenvalue weighted by Gasteiger charge is 2.12. The van der Waals surface area contributed by atoms with E-state index in [2.05, 4.69) is 20.8 Å². The molecule has 0 unspecified atom stereocenters.